The Morgan fingerprint density at radius 2 is 1.34 bits per heavy atom. The predicted molar refractivity (Wildman–Crippen MR) is 277 cm³/mol. The van der Waals surface area contributed by atoms with Crippen molar-refractivity contribution in [3.8, 4) is 22.8 Å². The molecule has 0 radical (unpaired) electrons. The summed E-state index contributed by atoms with van der Waals surface area (Å²) in [5.74, 6) is -2.64. The second-order valence-electron chi connectivity index (χ2n) is 17.4. The predicted octanol–water partition coefficient (Wildman–Crippen LogP) is 2.53. The number of carboxylic acid groups (broad SMARTS) is 4. The average Bonchev–Trinajstić information content (AvgIpc) is 3.84. The summed E-state index contributed by atoms with van der Waals surface area (Å²) in [5.41, 5.74) is 4.53. The number of hydrogen-bond donors (Lipinski definition) is 7. The third-order valence-corrected chi connectivity index (χ3v) is 12.1. The van der Waals surface area contributed by atoms with Crippen molar-refractivity contribution in [1.29, 1.82) is 0 Å². The highest BCUT2D eigenvalue weighted by Crippen LogP contribution is 2.35. The van der Waals surface area contributed by atoms with Crippen LogP contribution >= 0.6 is 12.2 Å². The van der Waals surface area contributed by atoms with Gasteiger partial charge in [-0.05, 0) is 61.0 Å². The van der Waals surface area contributed by atoms with Gasteiger partial charge in [0.15, 0.2) is 16.6 Å². The molecule has 5 aromatic rings. The lowest BCUT2D eigenvalue weighted by Crippen LogP contribution is -2.53. The number of hydrogen-bond acceptors (Lipinski definition) is 18. The lowest BCUT2D eigenvalue weighted by molar-refractivity contribution is -0.142. The monoisotopic (exact) mass is 1040 g/mol. The largest absolute Gasteiger partial charge is 0.487 e. The van der Waals surface area contributed by atoms with Gasteiger partial charge >= 0.3 is 23.9 Å². The molecule has 0 saturated carbocycles. The molecule has 3 heterocycles. The van der Waals surface area contributed by atoms with Gasteiger partial charge in [-0.1, -0.05) is 29.5 Å². The van der Waals surface area contributed by atoms with Gasteiger partial charge < -0.3 is 55.3 Å². The molecule has 0 spiro atoms. The van der Waals surface area contributed by atoms with Crippen molar-refractivity contribution in [1.82, 2.24) is 49.9 Å². The van der Waals surface area contributed by atoms with E-state index in [4.69, 9.17) is 31.2 Å². The van der Waals surface area contributed by atoms with Crippen LogP contribution < -0.4 is 25.4 Å². The van der Waals surface area contributed by atoms with Gasteiger partial charge in [-0.25, -0.2) is 9.97 Å². The topological polar surface area (TPSA) is 292 Å². The van der Waals surface area contributed by atoms with Crippen LogP contribution in [0.25, 0.3) is 22.2 Å². The molecule has 2 aromatic heterocycles. The molecule has 398 valence electrons. The lowest BCUT2D eigenvalue weighted by Gasteiger charge is -2.37. The number of thiocarbonyl (C=S) groups is 1. The summed E-state index contributed by atoms with van der Waals surface area (Å²) in [6, 6.07) is 18.4. The van der Waals surface area contributed by atoms with E-state index >= 15 is 0 Å². The zero-order valence-electron chi connectivity index (χ0n) is 41.4. The first-order valence-corrected chi connectivity index (χ1v) is 24.4. The number of fused-ring (bicyclic) bond motifs is 1. The van der Waals surface area contributed by atoms with Crippen LogP contribution in [-0.4, -0.2) is 219 Å². The summed E-state index contributed by atoms with van der Waals surface area (Å²) < 4.78 is 24.0. The molecular weight excluding hydrogens is 981 g/mol. The third-order valence-electron chi connectivity index (χ3n) is 11.9. The summed E-state index contributed by atoms with van der Waals surface area (Å²) in [5, 5.41) is 58.6. The normalized spacial score (nSPS) is 15.4. The number of aromatic nitrogens is 5. The quantitative estimate of drug-likeness (QED) is 0.0309. The minimum absolute atomic E-state index is 0.166. The van der Waals surface area contributed by atoms with E-state index < -0.39 is 29.9 Å². The highest BCUT2D eigenvalue weighted by atomic mass is 32.1. The first-order valence-electron chi connectivity index (χ1n) is 24.0. The highest BCUT2D eigenvalue weighted by molar-refractivity contribution is 7.80. The Hall–Kier alpha value is -7.13. The molecule has 1 fully saturated rings. The first-order chi connectivity index (χ1) is 35.7. The number of nitrogens with zero attached hydrogens (tertiary/aromatic N) is 9. The van der Waals surface area contributed by atoms with Gasteiger partial charge in [0, 0.05) is 108 Å². The Bertz CT molecular complexity index is 2640. The van der Waals surface area contributed by atoms with Gasteiger partial charge in [0.1, 0.15) is 31.1 Å². The Morgan fingerprint density at radius 3 is 1.99 bits per heavy atom. The fourth-order valence-electron chi connectivity index (χ4n) is 8.26. The molecule has 1 atom stereocenters. The van der Waals surface area contributed by atoms with Crippen LogP contribution in [0.15, 0.2) is 73.2 Å². The molecule has 0 bridgehead atoms. The van der Waals surface area contributed by atoms with Crippen LogP contribution in [0, 0.1) is 0 Å². The van der Waals surface area contributed by atoms with Gasteiger partial charge in [0.2, 0.25) is 0 Å². The van der Waals surface area contributed by atoms with Gasteiger partial charge in [-0.3, -0.25) is 43.5 Å². The van der Waals surface area contributed by atoms with E-state index in [1.165, 1.54) is 6.33 Å². The number of ether oxygens (including phenoxy) is 4. The summed E-state index contributed by atoms with van der Waals surface area (Å²) >= 11 is 5.59. The maximum atomic E-state index is 12.2. The molecule has 1 unspecified atom stereocenters. The number of benzene rings is 3. The van der Waals surface area contributed by atoms with Crippen molar-refractivity contribution in [3.05, 3.63) is 78.8 Å². The molecule has 24 nitrogen and oxygen atoms in total. The molecule has 7 N–H and O–H groups in total. The number of nitrogens with one attached hydrogen (secondary N) is 3. The van der Waals surface area contributed by atoms with Crippen LogP contribution in [0.3, 0.4) is 0 Å². The number of anilines is 3. The second-order valence-corrected chi connectivity index (χ2v) is 17.8. The summed E-state index contributed by atoms with van der Waals surface area (Å²) in [4.78, 5) is 63.2. The molecular formula is C49H64N12O12S. The van der Waals surface area contributed by atoms with Gasteiger partial charge in [-0.2, -0.15) is 0 Å². The number of carbonyl (C=O) groups is 4. The van der Waals surface area contributed by atoms with Crippen LogP contribution in [0.1, 0.15) is 12.0 Å². The Labute approximate surface area is 433 Å². The van der Waals surface area contributed by atoms with Crippen molar-refractivity contribution in [2.75, 3.05) is 130 Å². The standard InChI is InChI=1S/C49H64N12O12S/c1-70-19-21-72-42-25-39-40(26-43(42)73-22-20-71-2)51-33-52-48(39)53-37-6-3-5-35(24-37)41-28-61(56-55-41)12-4-11-50-49(74)54-36-9-7-34(8-10-36)23-38-27-59(31-46(66)67)16-15-57(29-44(62)63)13-14-58(30-45(64)65)17-18-60(38)32-47(68)69/h3,5-10,24-26,28,33,38H,4,11-23,27,29-32H2,1-2H3,(H,62,63)(H,64,65)(H,66,67)(H,68,69)(H2,50,54,74)(H,51,52,53). The maximum Gasteiger partial charge on any atom is 0.317 e. The SMILES string of the molecule is COCCOc1cc2ncnc(Nc3cccc(-c4cn(CCCNC(=S)Nc5ccc(CC6CN(CC(=O)O)CCN(CC(=O)O)CCN(CC(=O)O)CCN6CC(=O)O)cc5)nn4)c3)c2cc1OCCOC. The van der Waals surface area contributed by atoms with Gasteiger partial charge in [0.05, 0.1) is 51.1 Å². The van der Waals surface area contributed by atoms with Crippen molar-refractivity contribution < 1.29 is 58.6 Å². The number of rotatable bonds is 26. The molecule has 25 heteroatoms. The zero-order chi connectivity index (χ0) is 52.8. The lowest BCUT2D eigenvalue weighted by atomic mass is 10.0. The van der Waals surface area contributed by atoms with Crippen molar-refractivity contribution in [3.63, 3.8) is 0 Å². The second kappa shape index (κ2) is 28.9. The first kappa shape index (κ1) is 56.2. The fourth-order valence-corrected chi connectivity index (χ4v) is 8.48. The van der Waals surface area contributed by atoms with E-state index in [2.05, 4.69) is 36.2 Å². The number of aliphatic carboxylic acids is 4. The van der Waals surface area contributed by atoms with E-state index in [0.29, 0.717) is 91.7 Å². The Balaban J connectivity index is 1.03. The van der Waals surface area contributed by atoms with Crippen molar-refractivity contribution in [2.45, 2.75) is 25.4 Å². The number of carboxylic acids is 4. The molecule has 3 aromatic carbocycles. The zero-order valence-corrected chi connectivity index (χ0v) is 42.2. The highest BCUT2D eigenvalue weighted by Gasteiger charge is 2.28. The number of methoxy groups -OCH3 is 2. The third kappa shape index (κ3) is 18.4. The Kier molecular flexibility index (Phi) is 22.0. The summed E-state index contributed by atoms with van der Waals surface area (Å²) in [6.45, 7) is 2.71. The molecule has 6 rings (SSSR count). The van der Waals surface area contributed by atoms with E-state index in [0.717, 1.165) is 22.2 Å². The van der Waals surface area contributed by atoms with Crippen molar-refractivity contribution in [2.24, 2.45) is 0 Å². The smallest absolute Gasteiger partial charge is 0.317 e. The molecule has 0 aliphatic carbocycles. The fraction of sp³-hybridized carbons (Fsp3) is 0.449. The molecule has 0 amide bonds. The van der Waals surface area contributed by atoms with E-state index in [9.17, 15) is 39.6 Å². The van der Waals surface area contributed by atoms with Crippen molar-refractivity contribution >= 4 is 69.3 Å². The molecule has 1 aliphatic heterocycles. The summed E-state index contributed by atoms with van der Waals surface area (Å²) in [6.07, 6.45) is 4.39. The van der Waals surface area contributed by atoms with Gasteiger partial charge in [0.25, 0.3) is 0 Å². The molecule has 1 aliphatic rings. The minimum atomic E-state index is -1.08. The maximum absolute atomic E-state index is 12.2. The molecule has 1 saturated heterocycles. The minimum Gasteiger partial charge on any atom is -0.487 e. The summed E-state index contributed by atoms with van der Waals surface area (Å²) in [7, 11) is 3.22. The average molecular weight is 1050 g/mol. The van der Waals surface area contributed by atoms with Gasteiger partial charge in [-0.15, -0.1) is 5.10 Å². The van der Waals surface area contributed by atoms with E-state index in [1.54, 1.807) is 38.5 Å². The molecule has 74 heavy (non-hydrogen) atoms. The van der Waals surface area contributed by atoms with E-state index in [-0.39, 0.29) is 72.0 Å². The van der Waals surface area contributed by atoms with E-state index in [1.807, 2.05) is 66.9 Å². The van der Waals surface area contributed by atoms with Crippen LogP contribution in [-0.2, 0) is 41.6 Å². The van der Waals surface area contributed by atoms with Crippen LogP contribution in [0.2, 0.25) is 0 Å². The number of aryl methyl sites for hydroxylation is 1. The van der Waals surface area contributed by atoms with Crippen LogP contribution in [0.5, 0.6) is 11.5 Å². The Morgan fingerprint density at radius 1 is 0.716 bits per heavy atom. The van der Waals surface area contributed by atoms with Crippen LogP contribution in [0.4, 0.5) is 17.2 Å².